The Hall–Kier alpha value is 0.430. The predicted molar refractivity (Wildman–Crippen MR) is 243 cm³/mol. The molecule has 0 aliphatic carbocycles. The molecule has 0 rings (SSSR count). The molecule has 0 spiro atoms. The van der Waals surface area contributed by atoms with Gasteiger partial charge in [0.05, 0.1) is 24.6 Å². The minimum atomic E-state index is -0.798. The van der Waals surface area contributed by atoms with Crippen LogP contribution in [-0.4, -0.2) is 24.6 Å². The Bertz CT molecular complexity index is 538. The molecule has 0 N–H and O–H groups in total. The molecule has 0 nitrogen and oxygen atoms in total. The van der Waals surface area contributed by atoms with Crippen LogP contribution >= 0.6 is 7.26 Å². The van der Waals surface area contributed by atoms with Crippen LogP contribution in [0.5, 0.6) is 0 Å². The molecule has 0 aromatic heterocycles. The Balaban J connectivity index is 4.87. The molecule has 0 unspecified atom stereocenters. The van der Waals surface area contributed by atoms with Gasteiger partial charge in [0.2, 0.25) is 0 Å². The summed E-state index contributed by atoms with van der Waals surface area (Å²) >= 11 is 0. The summed E-state index contributed by atoms with van der Waals surface area (Å²) in [7, 11) is -0.798. The minimum Gasteiger partial charge on any atom is -0.0654 e. The van der Waals surface area contributed by atoms with Crippen molar-refractivity contribution >= 4 is 7.26 Å². The van der Waals surface area contributed by atoms with Crippen LogP contribution in [0.25, 0.3) is 0 Å². The topological polar surface area (TPSA) is 0 Å². The van der Waals surface area contributed by atoms with E-state index in [9.17, 15) is 0 Å². The first-order valence-corrected chi connectivity index (χ1v) is 27.6. The molecule has 308 valence electrons. The largest absolute Gasteiger partial charge is 0.0654 e. The van der Waals surface area contributed by atoms with E-state index >= 15 is 0 Å². The molecule has 0 bridgehead atoms. The van der Waals surface area contributed by atoms with Crippen LogP contribution in [0.2, 0.25) is 0 Å². The van der Waals surface area contributed by atoms with Gasteiger partial charge in [-0.2, -0.15) is 0 Å². The van der Waals surface area contributed by atoms with Gasteiger partial charge in [-0.15, -0.1) is 0 Å². The van der Waals surface area contributed by atoms with Crippen LogP contribution < -0.4 is 0 Å². The average Bonchev–Trinajstić information content (AvgIpc) is 3.14. The van der Waals surface area contributed by atoms with Crippen molar-refractivity contribution in [3.05, 3.63) is 0 Å². The Morgan fingerprint density at radius 2 is 0.275 bits per heavy atom. The highest BCUT2D eigenvalue weighted by atomic mass is 31.2. The monoisotopic (exact) mass is 736 g/mol. The molecule has 0 atom stereocenters. The fourth-order valence-corrected chi connectivity index (χ4v) is 13.7. The first-order valence-electron chi connectivity index (χ1n) is 25.1. The Kier molecular flexibility index (Phi) is 45.2. The number of rotatable bonds is 46. The molecule has 0 saturated carbocycles. The highest BCUT2D eigenvalue weighted by molar-refractivity contribution is 7.75. The summed E-state index contributed by atoms with van der Waals surface area (Å²) in [6, 6.07) is 0. The fourth-order valence-electron chi connectivity index (χ4n) is 8.76. The van der Waals surface area contributed by atoms with Gasteiger partial charge in [0.15, 0.2) is 0 Å². The zero-order chi connectivity index (χ0) is 37.0. The second-order valence-corrected chi connectivity index (χ2v) is 22.1. The van der Waals surface area contributed by atoms with Gasteiger partial charge < -0.3 is 0 Å². The van der Waals surface area contributed by atoms with Crippen LogP contribution in [0.4, 0.5) is 0 Å². The van der Waals surface area contributed by atoms with Gasteiger partial charge >= 0.3 is 0 Å². The second kappa shape index (κ2) is 44.8. The van der Waals surface area contributed by atoms with Gasteiger partial charge in [-0.3, -0.25) is 0 Å². The van der Waals surface area contributed by atoms with E-state index in [2.05, 4.69) is 27.7 Å². The quantitative estimate of drug-likeness (QED) is 0.0431. The molecule has 0 radical (unpaired) electrons. The van der Waals surface area contributed by atoms with E-state index in [1.54, 1.807) is 50.3 Å². The van der Waals surface area contributed by atoms with Crippen LogP contribution in [0.15, 0.2) is 0 Å². The normalized spacial score (nSPS) is 12.0. The molecule has 0 aliphatic heterocycles. The van der Waals surface area contributed by atoms with Gasteiger partial charge in [-0.1, -0.05) is 246 Å². The lowest BCUT2D eigenvalue weighted by Gasteiger charge is -2.28. The number of hydrogen-bond acceptors (Lipinski definition) is 0. The maximum Gasteiger partial charge on any atom is 0.0594 e. The third-order valence-electron chi connectivity index (χ3n) is 12.4. The first kappa shape index (κ1) is 51.4. The van der Waals surface area contributed by atoms with Gasteiger partial charge in [-0.05, 0) is 51.4 Å². The van der Waals surface area contributed by atoms with Crippen molar-refractivity contribution in [3.63, 3.8) is 0 Å². The van der Waals surface area contributed by atoms with Gasteiger partial charge in [-0.25, -0.2) is 0 Å². The summed E-state index contributed by atoms with van der Waals surface area (Å²) in [4.78, 5) is 0. The maximum absolute atomic E-state index is 2.34. The summed E-state index contributed by atoms with van der Waals surface area (Å²) < 4.78 is 0. The van der Waals surface area contributed by atoms with Crippen molar-refractivity contribution in [3.8, 4) is 0 Å². The zero-order valence-electron chi connectivity index (χ0n) is 37.0. The molecule has 0 heterocycles. The van der Waals surface area contributed by atoms with Crippen molar-refractivity contribution in [2.45, 2.75) is 297 Å². The third-order valence-corrected chi connectivity index (χ3v) is 17.5. The van der Waals surface area contributed by atoms with E-state index in [-0.39, 0.29) is 0 Å². The molecule has 51 heavy (non-hydrogen) atoms. The Morgan fingerprint density at radius 1 is 0.157 bits per heavy atom. The van der Waals surface area contributed by atoms with E-state index in [0.29, 0.717) is 0 Å². The summed E-state index contributed by atoms with van der Waals surface area (Å²) in [5, 5.41) is 0. The smallest absolute Gasteiger partial charge is 0.0594 e. The highest BCUT2D eigenvalue weighted by Gasteiger charge is 2.35. The minimum absolute atomic E-state index is 0.798. The van der Waals surface area contributed by atoms with Gasteiger partial charge in [0.25, 0.3) is 0 Å². The summed E-state index contributed by atoms with van der Waals surface area (Å²) in [6.07, 6.45) is 69.2. The standard InChI is InChI=1S/C50H104P/c1-5-9-13-17-21-25-29-30-34-38-42-46-50-51(47-43-39-35-31-26-22-18-14-10-6-2,48-44-40-36-32-27-23-19-15-11-7-3)49-45-41-37-33-28-24-20-16-12-8-4/h5-50H2,1-4H3/q+1. The lowest BCUT2D eigenvalue weighted by atomic mass is 10.1. The average molecular weight is 736 g/mol. The lowest BCUT2D eigenvalue weighted by molar-refractivity contribution is 0.547. The SMILES string of the molecule is CCCCCCCCCCCCCC[P+](CCCCCCCCCCCC)(CCCCCCCCCCCC)CCCCCCCCCCCC. The molecular weight excluding hydrogens is 632 g/mol. The van der Waals surface area contributed by atoms with Crippen molar-refractivity contribution in [1.29, 1.82) is 0 Å². The number of unbranched alkanes of at least 4 members (excludes halogenated alkanes) is 38. The Labute approximate surface area is 328 Å². The molecular formula is C50H104P+. The third kappa shape index (κ3) is 39.9. The van der Waals surface area contributed by atoms with Crippen LogP contribution in [0.3, 0.4) is 0 Å². The van der Waals surface area contributed by atoms with E-state index < -0.39 is 7.26 Å². The zero-order valence-corrected chi connectivity index (χ0v) is 37.9. The predicted octanol–water partition coefficient (Wildman–Crippen LogP) is 19.5. The summed E-state index contributed by atoms with van der Waals surface area (Å²) in [6.45, 7) is 9.36. The molecule has 1 heteroatoms. The van der Waals surface area contributed by atoms with Crippen molar-refractivity contribution in [2.24, 2.45) is 0 Å². The lowest BCUT2D eigenvalue weighted by Crippen LogP contribution is -2.13. The molecule has 0 amide bonds. The highest BCUT2D eigenvalue weighted by Crippen LogP contribution is 2.61. The van der Waals surface area contributed by atoms with E-state index in [1.165, 1.54) is 244 Å². The van der Waals surface area contributed by atoms with E-state index in [0.717, 1.165) is 0 Å². The van der Waals surface area contributed by atoms with E-state index in [1.807, 2.05) is 0 Å². The van der Waals surface area contributed by atoms with Gasteiger partial charge in [0.1, 0.15) is 0 Å². The summed E-state index contributed by atoms with van der Waals surface area (Å²) in [5.41, 5.74) is 0. The molecule has 0 aliphatic rings. The van der Waals surface area contributed by atoms with Crippen LogP contribution in [0, 0.1) is 0 Å². The molecule has 0 saturated heterocycles. The van der Waals surface area contributed by atoms with Crippen LogP contribution in [0.1, 0.15) is 297 Å². The van der Waals surface area contributed by atoms with Crippen LogP contribution in [-0.2, 0) is 0 Å². The number of hydrogen-bond donors (Lipinski definition) is 0. The van der Waals surface area contributed by atoms with E-state index in [4.69, 9.17) is 0 Å². The molecule has 0 aromatic rings. The van der Waals surface area contributed by atoms with Gasteiger partial charge in [0, 0.05) is 7.26 Å². The first-order chi connectivity index (χ1) is 25.2. The summed E-state index contributed by atoms with van der Waals surface area (Å²) in [5.74, 6) is 0. The Morgan fingerprint density at radius 3 is 0.412 bits per heavy atom. The maximum atomic E-state index is 2.34. The van der Waals surface area contributed by atoms with Crippen molar-refractivity contribution in [2.75, 3.05) is 24.6 Å². The molecule has 0 fully saturated rings. The fraction of sp³-hybridized carbons (Fsp3) is 1.00. The molecule has 0 aromatic carbocycles. The second-order valence-electron chi connectivity index (χ2n) is 17.7. The van der Waals surface area contributed by atoms with Crippen molar-refractivity contribution < 1.29 is 0 Å². The van der Waals surface area contributed by atoms with Crippen molar-refractivity contribution in [1.82, 2.24) is 0 Å².